The molecule has 0 aromatic rings. The number of unbranched alkanes of at least 4 members (excludes halogenated alkanes) is 44. The molecule has 0 spiro atoms. The Morgan fingerprint density at radius 3 is 0.723 bits per heavy atom. The van der Waals surface area contributed by atoms with Crippen LogP contribution in [0.2, 0.25) is 0 Å². The predicted molar refractivity (Wildman–Crippen MR) is 381 cm³/mol. The molecule has 19 heteroatoms. The number of carbonyl (C=O) groups is 4. The van der Waals surface area contributed by atoms with E-state index in [0.29, 0.717) is 37.5 Å². The van der Waals surface area contributed by atoms with Gasteiger partial charge in [0.15, 0.2) is 12.2 Å². The molecule has 3 N–H and O–H groups in total. The smallest absolute Gasteiger partial charge is 0.462 e. The van der Waals surface area contributed by atoms with Gasteiger partial charge in [0, 0.05) is 25.7 Å². The van der Waals surface area contributed by atoms with Gasteiger partial charge < -0.3 is 33.8 Å². The summed E-state index contributed by atoms with van der Waals surface area (Å²) < 4.78 is 68.4. The summed E-state index contributed by atoms with van der Waals surface area (Å²) in [6, 6.07) is 0. The maximum Gasteiger partial charge on any atom is 0.472 e. The van der Waals surface area contributed by atoms with Gasteiger partial charge in [-0.05, 0) is 37.5 Å². The Hall–Kier alpha value is -1.94. The van der Waals surface area contributed by atoms with E-state index in [2.05, 4.69) is 41.5 Å². The van der Waals surface area contributed by atoms with E-state index in [1.54, 1.807) is 0 Å². The van der Waals surface area contributed by atoms with Gasteiger partial charge in [-0.1, -0.05) is 337 Å². The lowest BCUT2D eigenvalue weighted by atomic mass is 10.0. The Morgan fingerprint density at radius 1 is 0.287 bits per heavy atom. The van der Waals surface area contributed by atoms with Crippen molar-refractivity contribution in [1.29, 1.82) is 0 Å². The van der Waals surface area contributed by atoms with E-state index < -0.39 is 97.5 Å². The normalized spacial score (nSPS) is 14.0. The Kier molecular flexibility index (Phi) is 65.5. The molecule has 0 radical (unpaired) electrons. The van der Waals surface area contributed by atoms with Gasteiger partial charge >= 0.3 is 39.5 Å². The highest BCUT2D eigenvalue weighted by Gasteiger charge is 2.30. The maximum atomic E-state index is 13.1. The summed E-state index contributed by atoms with van der Waals surface area (Å²) in [6.45, 7) is 9.40. The highest BCUT2D eigenvalue weighted by atomic mass is 31.2. The van der Waals surface area contributed by atoms with Crippen molar-refractivity contribution in [3.63, 3.8) is 0 Å². The van der Waals surface area contributed by atoms with Crippen molar-refractivity contribution >= 4 is 39.5 Å². The van der Waals surface area contributed by atoms with Crippen LogP contribution in [0.4, 0.5) is 0 Å². The second kappa shape index (κ2) is 66.9. The van der Waals surface area contributed by atoms with E-state index in [4.69, 9.17) is 37.0 Å². The van der Waals surface area contributed by atoms with E-state index in [0.717, 1.165) is 96.3 Å². The quantitative estimate of drug-likeness (QED) is 0.0222. The van der Waals surface area contributed by atoms with Gasteiger partial charge in [-0.2, -0.15) is 0 Å². The van der Waals surface area contributed by atoms with Crippen LogP contribution in [0.25, 0.3) is 0 Å². The number of carbonyl (C=O) groups excluding carboxylic acids is 4. The largest absolute Gasteiger partial charge is 0.472 e. The summed E-state index contributed by atoms with van der Waals surface area (Å²) in [4.78, 5) is 72.6. The van der Waals surface area contributed by atoms with Crippen molar-refractivity contribution in [2.45, 2.75) is 407 Å². The predicted octanol–water partition coefficient (Wildman–Crippen LogP) is 21.9. The van der Waals surface area contributed by atoms with Crippen LogP contribution in [0.15, 0.2) is 0 Å². The van der Waals surface area contributed by atoms with Crippen LogP contribution in [0.3, 0.4) is 0 Å². The van der Waals surface area contributed by atoms with Crippen molar-refractivity contribution in [2.75, 3.05) is 39.6 Å². The molecule has 558 valence electrons. The van der Waals surface area contributed by atoms with Gasteiger partial charge in [-0.3, -0.25) is 37.3 Å². The highest BCUT2D eigenvalue weighted by Crippen LogP contribution is 2.45. The van der Waals surface area contributed by atoms with Crippen molar-refractivity contribution in [3.8, 4) is 0 Å². The first-order chi connectivity index (χ1) is 45.4. The molecule has 0 aromatic carbocycles. The highest BCUT2D eigenvalue weighted by molar-refractivity contribution is 7.47. The summed E-state index contributed by atoms with van der Waals surface area (Å²) in [7, 11) is -9.90. The van der Waals surface area contributed by atoms with Crippen LogP contribution in [-0.2, 0) is 65.4 Å². The Morgan fingerprint density at radius 2 is 0.489 bits per heavy atom. The molecular weight excluding hydrogens is 1230 g/mol. The lowest BCUT2D eigenvalue weighted by molar-refractivity contribution is -0.161. The van der Waals surface area contributed by atoms with Crippen LogP contribution in [0, 0.1) is 11.8 Å². The van der Waals surface area contributed by atoms with Gasteiger partial charge in [0.2, 0.25) is 0 Å². The Balaban J connectivity index is 5.17. The topological polar surface area (TPSA) is 237 Å². The SMILES string of the molecule is CCCCCCCCCCCCCCCCCCCCCCCC(=O)O[C@H](COC(=O)CCCCCCCCCCCCCCCCC)COP(=O)(O)OC[C@@H](O)COP(=O)(O)OC[C@@H](COC(=O)CCCCCCCCC(C)C)OC(=O)CCCCCCCCC(C)C. The van der Waals surface area contributed by atoms with Gasteiger partial charge in [-0.25, -0.2) is 9.13 Å². The number of esters is 4. The number of hydrogen-bond donors (Lipinski definition) is 3. The molecule has 2 unspecified atom stereocenters. The molecule has 0 fully saturated rings. The molecule has 0 amide bonds. The lowest BCUT2D eigenvalue weighted by Crippen LogP contribution is -2.30. The average Bonchev–Trinajstić information content (AvgIpc) is 1.35. The summed E-state index contributed by atoms with van der Waals surface area (Å²) in [5, 5.41) is 10.6. The minimum absolute atomic E-state index is 0.101. The number of rotatable bonds is 74. The molecular formula is C75H146O17P2. The standard InChI is InChI=1S/C75H146O17P2/c1-7-9-11-13-15-17-19-21-23-24-25-26-27-28-30-32-34-36-38-47-53-59-74(79)91-70(63-85-72(77)57-51-45-37-35-33-31-29-22-20-18-16-14-12-10-8-2)65-89-93(81,82)87-61-69(76)62-88-94(83,84)90-66-71(92-75(80)60-54-48-42-40-44-50-56-68(5)6)64-86-73(78)58-52-46-41-39-43-49-55-67(3)4/h67-71,76H,7-66H2,1-6H3,(H,81,82)(H,83,84)/t69-,70-,71-/m1/s1. The number of aliphatic hydroxyl groups is 1. The molecule has 0 saturated heterocycles. The van der Waals surface area contributed by atoms with E-state index in [9.17, 15) is 43.2 Å². The zero-order valence-electron chi connectivity index (χ0n) is 61.3. The minimum atomic E-state index is -4.96. The van der Waals surface area contributed by atoms with Gasteiger partial charge in [0.25, 0.3) is 0 Å². The third-order valence-corrected chi connectivity index (χ3v) is 19.4. The third-order valence-electron chi connectivity index (χ3n) is 17.5. The summed E-state index contributed by atoms with van der Waals surface area (Å²) in [5.74, 6) is -0.776. The van der Waals surface area contributed by atoms with Crippen LogP contribution in [-0.4, -0.2) is 96.7 Å². The lowest BCUT2D eigenvalue weighted by Gasteiger charge is -2.21. The molecule has 5 atom stereocenters. The van der Waals surface area contributed by atoms with Gasteiger partial charge in [0.1, 0.15) is 19.3 Å². The number of phosphoric acid groups is 2. The summed E-state index contributed by atoms with van der Waals surface area (Å²) >= 11 is 0. The van der Waals surface area contributed by atoms with E-state index in [-0.39, 0.29) is 25.7 Å². The van der Waals surface area contributed by atoms with Crippen molar-refractivity contribution in [1.82, 2.24) is 0 Å². The number of hydrogen-bond acceptors (Lipinski definition) is 15. The second-order valence-electron chi connectivity index (χ2n) is 28.0. The summed E-state index contributed by atoms with van der Waals surface area (Å²) in [6.07, 6.45) is 54.7. The molecule has 0 heterocycles. The fraction of sp³-hybridized carbons (Fsp3) is 0.947. The van der Waals surface area contributed by atoms with Crippen molar-refractivity contribution in [3.05, 3.63) is 0 Å². The van der Waals surface area contributed by atoms with Crippen LogP contribution in [0.5, 0.6) is 0 Å². The van der Waals surface area contributed by atoms with E-state index in [1.165, 1.54) is 199 Å². The third kappa shape index (κ3) is 68.6. The minimum Gasteiger partial charge on any atom is -0.462 e. The van der Waals surface area contributed by atoms with Crippen LogP contribution in [0.1, 0.15) is 388 Å². The van der Waals surface area contributed by atoms with Gasteiger partial charge in [-0.15, -0.1) is 0 Å². The Bertz CT molecular complexity index is 1820. The first kappa shape index (κ1) is 92.1. The fourth-order valence-corrected chi connectivity index (χ4v) is 13.1. The number of aliphatic hydroxyl groups excluding tert-OH is 1. The molecule has 0 aliphatic carbocycles. The molecule has 0 aromatic heterocycles. The van der Waals surface area contributed by atoms with Gasteiger partial charge in [0.05, 0.1) is 26.4 Å². The molecule has 17 nitrogen and oxygen atoms in total. The molecule has 0 rings (SSSR count). The van der Waals surface area contributed by atoms with E-state index >= 15 is 0 Å². The Labute approximate surface area is 575 Å². The van der Waals surface area contributed by atoms with E-state index in [1.807, 2.05) is 0 Å². The molecule has 0 aliphatic heterocycles. The fourth-order valence-electron chi connectivity index (χ4n) is 11.5. The monoisotopic (exact) mass is 1380 g/mol. The molecule has 0 aliphatic rings. The number of phosphoric ester groups is 2. The first-order valence-electron chi connectivity index (χ1n) is 39.0. The van der Waals surface area contributed by atoms with Crippen LogP contribution >= 0.6 is 15.6 Å². The molecule has 0 bridgehead atoms. The molecule has 94 heavy (non-hydrogen) atoms. The van der Waals surface area contributed by atoms with Crippen LogP contribution < -0.4 is 0 Å². The summed E-state index contributed by atoms with van der Waals surface area (Å²) in [5.41, 5.74) is 0. The zero-order chi connectivity index (χ0) is 69.3. The maximum absolute atomic E-state index is 13.1. The van der Waals surface area contributed by atoms with Crippen molar-refractivity contribution < 1.29 is 80.2 Å². The second-order valence-corrected chi connectivity index (χ2v) is 30.9. The molecule has 0 saturated carbocycles. The first-order valence-corrected chi connectivity index (χ1v) is 42.0. The average molecular weight is 1380 g/mol. The van der Waals surface area contributed by atoms with Crippen molar-refractivity contribution in [2.24, 2.45) is 11.8 Å². The zero-order valence-corrected chi connectivity index (χ0v) is 63.1. The number of ether oxygens (including phenoxy) is 4.